The molecule has 0 unspecified atom stereocenters. The van der Waals surface area contributed by atoms with Gasteiger partial charge < -0.3 is 5.43 Å². The summed E-state index contributed by atoms with van der Waals surface area (Å²) < 4.78 is 13.1. The van der Waals surface area contributed by atoms with E-state index in [0.717, 1.165) is 16.8 Å². The molecule has 0 aliphatic heterocycles. The summed E-state index contributed by atoms with van der Waals surface area (Å²) in [6.45, 7) is 5.92. The van der Waals surface area contributed by atoms with Crippen LogP contribution in [-0.2, 0) is 0 Å². The second kappa shape index (κ2) is 5.32. The van der Waals surface area contributed by atoms with E-state index in [2.05, 4.69) is 15.4 Å². The van der Waals surface area contributed by atoms with Crippen LogP contribution in [0.4, 0.5) is 10.2 Å². The fourth-order valence-corrected chi connectivity index (χ4v) is 1.83. The Hall–Kier alpha value is -2.01. The molecule has 2 aromatic rings. The van der Waals surface area contributed by atoms with Gasteiger partial charge in [0.2, 0.25) is 0 Å². The molecule has 19 heavy (non-hydrogen) atoms. The van der Waals surface area contributed by atoms with Crippen molar-refractivity contribution in [2.24, 2.45) is 5.84 Å². The maximum absolute atomic E-state index is 13.1. The molecule has 4 nitrogen and oxygen atoms in total. The van der Waals surface area contributed by atoms with Crippen LogP contribution in [-0.4, -0.2) is 9.97 Å². The third kappa shape index (κ3) is 2.88. The summed E-state index contributed by atoms with van der Waals surface area (Å²) in [6, 6.07) is 6.37. The maximum Gasteiger partial charge on any atom is 0.162 e. The molecule has 0 saturated heterocycles. The van der Waals surface area contributed by atoms with Gasteiger partial charge in [0, 0.05) is 17.3 Å². The van der Waals surface area contributed by atoms with Crippen molar-refractivity contribution in [3.8, 4) is 11.4 Å². The minimum Gasteiger partial charge on any atom is -0.308 e. The molecule has 0 saturated carbocycles. The van der Waals surface area contributed by atoms with Gasteiger partial charge in [-0.3, -0.25) is 0 Å². The molecule has 0 bridgehead atoms. The summed E-state index contributed by atoms with van der Waals surface area (Å²) in [5.74, 6) is 6.53. The largest absolute Gasteiger partial charge is 0.308 e. The molecular formula is C14H17FN4. The van der Waals surface area contributed by atoms with Crippen molar-refractivity contribution >= 4 is 5.82 Å². The van der Waals surface area contributed by atoms with Crippen LogP contribution in [0, 0.1) is 12.7 Å². The number of aromatic nitrogens is 2. The SMILES string of the molecule is Cc1cc(F)ccc1-c1nc(NN)cc(C(C)C)n1. The van der Waals surface area contributed by atoms with Crippen molar-refractivity contribution in [1.29, 1.82) is 0 Å². The van der Waals surface area contributed by atoms with E-state index in [1.54, 1.807) is 6.07 Å². The van der Waals surface area contributed by atoms with E-state index in [1.165, 1.54) is 12.1 Å². The average Bonchev–Trinajstić information content (AvgIpc) is 2.38. The van der Waals surface area contributed by atoms with Gasteiger partial charge in [0.1, 0.15) is 11.6 Å². The van der Waals surface area contributed by atoms with Crippen LogP contribution in [0.15, 0.2) is 24.3 Å². The number of rotatable bonds is 3. The van der Waals surface area contributed by atoms with E-state index in [0.29, 0.717) is 11.6 Å². The number of nitrogens with two attached hydrogens (primary N) is 1. The van der Waals surface area contributed by atoms with Gasteiger partial charge in [0.25, 0.3) is 0 Å². The van der Waals surface area contributed by atoms with Crippen molar-refractivity contribution in [1.82, 2.24) is 9.97 Å². The zero-order valence-corrected chi connectivity index (χ0v) is 11.2. The highest BCUT2D eigenvalue weighted by molar-refractivity contribution is 5.61. The Kier molecular flexibility index (Phi) is 3.76. The van der Waals surface area contributed by atoms with Crippen molar-refractivity contribution in [2.45, 2.75) is 26.7 Å². The summed E-state index contributed by atoms with van der Waals surface area (Å²) in [5.41, 5.74) is 5.03. The third-order valence-electron chi connectivity index (χ3n) is 2.91. The van der Waals surface area contributed by atoms with Crippen LogP contribution in [0.5, 0.6) is 0 Å². The summed E-state index contributed by atoms with van der Waals surface area (Å²) in [7, 11) is 0. The fraction of sp³-hybridized carbons (Fsp3) is 0.286. The highest BCUT2D eigenvalue weighted by Gasteiger charge is 2.11. The molecule has 100 valence electrons. The number of hydrazine groups is 1. The second-order valence-corrected chi connectivity index (χ2v) is 4.76. The molecule has 0 spiro atoms. The van der Waals surface area contributed by atoms with E-state index < -0.39 is 0 Å². The number of aryl methyl sites for hydroxylation is 1. The highest BCUT2D eigenvalue weighted by Crippen LogP contribution is 2.24. The van der Waals surface area contributed by atoms with Gasteiger partial charge in [-0.2, -0.15) is 0 Å². The Morgan fingerprint density at radius 2 is 1.95 bits per heavy atom. The van der Waals surface area contributed by atoms with Gasteiger partial charge in [-0.05, 0) is 36.6 Å². The molecule has 5 heteroatoms. The van der Waals surface area contributed by atoms with E-state index in [9.17, 15) is 4.39 Å². The molecule has 0 atom stereocenters. The Morgan fingerprint density at radius 3 is 2.53 bits per heavy atom. The van der Waals surface area contributed by atoms with Crippen LogP contribution in [0.25, 0.3) is 11.4 Å². The fourth-order valence-electron chi connectivity index (χ4n) is 1.83. The molecule has 0 fully saturated rings. The van der Waals surface area contributed by atoms with E-state index >= 15 is 0 Å². The van der Waals surface area contributed by atoms with Crippen molar-refractivity contribution in [3.63, 3.8) is 0 Å². The number of benzene rings is 1. The number of anilines is 1. The molecule has 0 aliphatic rings. The minimum atomic E-state index is -0.265. The molecule has 1 aromatic heterocycles. The summed E-state index contributed by atoms with van der Waals surface area (Å²) in [5, 5.41) is 0. The van der Waals surface area contributed by atoms with Crippen molar-refractivity contribution in [2.75, 3.05) is 5.43 Å². The number of nitrogen functional groups attached to an aromatic ring is 1. The van der Waals surface area contributed by atoms with E-state index in [4.69, 9.17) is 5.84 Å². The summed E-state index contributed by atoms with van der Waals surface area (Å²) in [4.78, 5) is 8.84. The molecule has 2 rings (SSSR count). The first-order valence-corrected chi connectivity index (χ1v) is 6.13. The van der Waals surface area contributed by atoms with Crippen LogP contribution in [0.2, 0.25) is 0 Å². The molecule has 3 N–H and O–H groups in total. The van der Waals surface area contributed by atoms with Gasteiger partial charge in [0.15, 0.2) is 5.82 Å². The highest BCUT2D eigenvalue weighted by atomic mass is 19.1. The number of nitrogens with zero attached hydrogens (tertiary/aromatic N) is 2. The molecule has 1 heterocycles. The standard InChI is InChI=1S/C14H17FN4/c1-8(2)12-7-13(19-16)18-14(17-12)11-5-4-10(15)6-9(11)3/h4-8H,16H2,1-3H3,(H,17,18,19). The van der Waals surface area contributed by atoms with E-state index in [1.807, 2.05) is 26.8 Å². The second-order valence-electron chi connectivity index (χ2n) is 4.76. The third-order valence-corrected chi connectivity index (χ3v) is 2.91. The van der Waals surface area contributed by atoms with Crippen LogP contribution in [0.1, 0.15) is 31.0 Å². The van der Waals surface area contributed by atoms with Crippen molar-refractivity contribution in [3.05, 3.63) is 41.3 Å². The Bertz CT molecular complexity index is 596. The first kappa shape index (κ1) is 13.4. The molecular weight excluding hydrogens is 243 g/mol. The van der Waals surface area contributed by atoms with Gasteiger partial charge >= 0.3 is 0 Å². The van der Waals surface area contributed by atoms with Crippen LogP contribution in [0.3, 0.4) is 0 Å². The predicted octanol–water partition coefficient (Wildman–Crippen LogP) is 3.00. The first-order valence-electron chi connectivity index (χ1n) is 6.13. The molecule has 0 aliphatic carbocycles. The number of halogens is 1. The number of hydrogen-bond donors (Lipinski definition) is 2. The van der Waals surface area contributed by atoms with Gasteiger partial charge in [0.05, 0.1) is 0 Å². The normalized spacial score (nSPS) is 10.8. The maximum atomic E-state index is 13.1. The number of hydrogen-bond acceptors (Lipinski definition) is 4. The van der Waals surface area contributed by atoms with Crippen LogP contribution >= 0.6 is 0 Å². The smallest absolute Gasteiger partial charge is 0.162 e. The predicted molar refractivity (Wildman–Crippen MR) is 74.1 cm³/mol. The zero-order valence-electron chi connectivity index (χ0n) is 11.2. The van der Waals surface area contributed by atoms with Gasteiger partial charge in [-0.1, -0.05) is 13.8 Å². The van der Waals surface area contributed by atoms with Crippen molar-refractivity contribution < 1.29 is 4.39 Å². The quantitative estimate of drug-likeness (QED) is 0.657. The first-order chi connectivity index (χ1) is 9.01. The topological polar surface area (TPSA) is 63.8 Å². The Morgan fingerprint density at radius 1 is 1.21 bits per heavy atom. The van der Waals surface area contributed by atoms with Gasteiger partial charge in [-0.25, -0.2) is 20.2 Å². The summed E-state index contributed by atoms with van der Waals surface area (Å²) >= 11 is 0. The Balaban J connectivity index is 2.57. The molecule has 0 radical (unpaired) electrons. The molecule has 0 amide bonds. The minimum absolute atomic E-state index is 0.259. The lowest BCUT2D eigenvalue weighted by Crippen LogP contribution is -2.11. The number of nitrogens with one attached hydrogen (secondary N) is 1. The van der Waals surface area contributed by atoms with Crippen LogP contribution < -0.4 is 11.3 Å². The molecule has 1 aromatic carbocycles. The lowest BCUT2D eigenvalue weighted by molar-refractivity contribution is 0.627. The Labute approximate surface area is 111 Å². The lowest BCUT2D eigenvalue weighted by Gasteiger charge is -2.11. The lowest BCUT2D eigenvalue weighted by atomic mass is 10.1. The zero-order chi connectivity index (χ0) is 14.0. The summed E-state index contributed by atoms with van der Waals surface area (Å²) in [6.07, 6.45) is 0. The average molecular weight is 260 g/mol. The van der Waals surface area contributed by atoms with Gasteiger partial charge in [-0.15, -0.1) is 0 Å². The monoisotopic (exact) mass is 260 g/mol. The van der Waals surface area contributed by atoms with E-state index in [-0.39, 0.29) is 11.7 Å².